The van der Waals surface area contributed by atoms with Crippen LogP contribution in [0.3, 0.4) is 0 Å². The maximum atomic E-state index is 12.9. The molecule has 0 aromatic heterocycles. The normalized spacial score (nSPS) is 19.8. The van der Waals surface area contributed by atoms with E-state index in [2.05, 4.69) is 11.9 Å². The minimum Gasteiger partial charge on any atom is -0.352 e. The van der Waals surface area contributed by atoms with Crippen molar-refractivity contribution in [3.05, 3.63) is 48.3 Å². The summed E-state index contributed by atoms with van der Waals surface area (Å²) >= 11 is 0. The van der Waals surface area contributed by atoms with Crippen LogP contribution in [0.4, 0.5) is 4.39 Å². The van der Waals surface area contributed by atoms with Gasteiger partial charge >= 0.3 is 0 Å². The van der Waals surface area contributed by atoms with Crippen molar-refractivity contribution >= 4 is 17.7 Å². The summed E-state index contributed by atoms with van der Waals surface area (Å²) in [7, 11) is 0. The smallest absolute Gasteiger partial charge is 0.227 e. The molecular weight excluding hydrogens is 385 g/mol. The summed E-state index contributed by atoms with van der Waals surface area (Å²) in [5.74, 6) is -0.0207. The number of nitrogens with one attached hydrogen (secondary N) is 1. The number of rotatable bonds is 8. The predicted octanol–water partition coefficient (Wildman–Crippen LogP) is 2.50. The number of carbonyl (C=O) groups is 3. The Labute approximate surface area is 177 Å². The molecule has 0 spiro atoms. The van der Waals surface area contributed by atoms with Gasteiger partial charge in [0.2, 0.25) is 17.7 Å². The van der Waals surface area contributed by atoms with Crippen LogP contribution in [0.2, 0.25) is 0 Å². The number of hydrogen-bond donors (Lipinski definition) is 1. The second kappa shape index (κ2) is 10.4. The molecular formula is C23H30FN3O3. The third-order valence-electron chi connectivity index (χ3n) is 6.02. The molecule has 0 aliphatic carbocycles. The Morgan fingerprint density at radius 2 is 1.90 bits per heavy atom. The van der Waals surface area contributed by atoms with Crippen molar-refractivity contribution in [1.29, 1.82) is 0 Å². The predicted molar refractivity (Wildman–Crippen MR) is 112 cm³/mol. The van der Waals surface area contributed by atoms with Gasteiger partial charge in [-0.25, -0.2) is 4.39 Å². The average molecular weight is 416 g/mol. The Hall–Kier alpha value is -2.70. The molecule has 2 heterocycles. The van der Waals surface area contributed by atoms with Crippen molar-refractivity contribution in [3.63, 3.8) is 0 Å². The Morgan fingerprint density at radius 3 is 2.57 bits per heavy atom. The summed E-state index contributed by atoms with van der Waals surface area (Å²) < 4.78 is 12.9. The zero-order valence-corrected chi connectivity index (χ0v) is 17.3. The largest absolute Gasteiger partial charge is 0.352 e. The molecule has 162 valence electrons. The topological polar surface area (TPSA) is 69.7 Å². The van der Waals surface area contributed by atoms with Crippen molar-refractivity contribution in [2.45, 2.75) is 38.6 Å². The second-order valence-electron chi connectivity index (χ2n) is 8.20. The minimum absolute atomic E-state index is 0.00962. The van der Waals surface area contributed by atoms with Gasteiger partial charge in [0.1, 0.15) is 5.82 Å². The molecule has 1 aromatic rings. The van der Waals surface area contributed by atoms with Crippen LogP contribution in [0.25, 0.3) is 0 Å². The van der Waals surface area contributed by atoms with Gasteiger partial charge < -0.3 is 15.1 Å². The molecule has 0 saturated carbocycles. The zero-order chi connectivity index (χ0) is 21.5. The van der Waals surface area contributed by atoms with Gasteiger partial charge in [0.05, 0.1) is 5.92 Å². The second-order valence-corrected chi connectivity index (χ2v) is 8.20. The van der Waals surface area contributed by atoms with Crippen LogP contribution >= 0.6 is 0 Å². The van der Waals surface area contributed by atoms with Gasteiger partial charge in [0, 0.05) is 45.6 Å². The molecule has 1 N–H and O–H groups in total. The summed E-state index contributed by atoms with van der Waals surface area (Å²) in [6.07, 6.45) is 4.99. The Bertz CT molecular complexity index is 772. The molecule has 1 unspecified atom stereocenters. The first-order valence-corrected chi connectivity index (χ1v) is 10.6. The fourth-order valence-electron chi connectivity index (χ4n) is 4.20. The van der Waals surface area contributed by atoms with Crippen LogP contribution in [0.15, 0.2) is 36.9 Å². The molecule has 0 bridgehead atoms. The molecule has 3 amide bonds. The first-order chi connectivity index (χ1) is 14.5. The lowest BCUT2D eigenvalue weighted by molar-refractivity contribution is -0.137. The van der Waals surface area contributed by atoms with Crippen LogP contribution in [0.1, 0.15) is 37.7 Å². The average Bonchev–Trinajstić information content (AvgIpc) is 3.12. The quantitative estimate of drug-likeness (QED) is 0.664. The number of piperidine rings is 1. The number of nitrogens with zero attached hydrogens (tertiary/aromatic N) is 2. The first-order valence-electron chi connectivity index (χ1n) is 10.6. The van der Waals surface area contributed by atoms with E-state index in [1.54, 1.807) is 23.1 Å². The Balaban J connectivity index is 1.34. The highest BCUT2D eigenvalue weighted by molar-refractivity contribution is 5.89. The van der Waals surface area contributed by atoms with Gasteiger partial charge in [0.15, 0.2) is 0 Å². The highest BCUT2D eigenvalue weighted by Crippen LogP contribution is 2.26. The zero-order valence-electron chi connectivity index (χ0n) is 17.3. The van der Waals surface area contributed by atoms with Crippen molar-refractivity contribution in [1.82, 2.24) is 15.1 Å². The fraction of sp³-hybridized carbons (Fsp3) is 0.522. The maximum Gasteiger partial charge on any atom is 0.227 e. The third-order valence-corrected chi connectivity index (χ3v) is 6.02. The van der Waals surface area contributed by atoms with E-state index in [0.29, 0.717) is 51.5 Å². The number of carbonyl (C=O) groups excluding carboxylic acids is 3. The van der Waals surface area contributed by atoms with Crippen molar-refractivity contribution in [2.75, 3.05) is 26.2 Å². The summed E-state index contributed by atoms with van der Waals surface area (Å²) in [6.45, 7) is 6.41. The summed E-state index contributed by atoms with van der Waals surface area (Å²) in [4.78, 5) is 40.4. The summed E-state index contributed by atoms with van der Waals surface area (Å²) in [6, 6.07) is 6.10. The van der Waals surface area contributed by atoms with Gasteiger partial charge in [-0.1, -0.05) is 18.2 Å². The molecule has 1 aromatic carbocycles. The van der Waals surface area contributed by atoms with E-state index in [1.165, 1.54) is 12.1 Å². The molecule has 2 aliphatic heterocycles. The molecule has 6 nitrogen and oxygen atoms in total. The highest BCUT2D eigenvalue weighted by atomic mass is 19.1. The Kier molecular flexibility index (Phi) is 7.60. The van der Waals surface area contributed by atoms with E-state index in [-0.39, 0.29) is 29.5 Å². The van der Waals surface area contributed by atoms with Gasteiger partial charge in [-0.15, -0.1) is 6.58 Å². The van der Waals surface area contributed by atoms with Crippen molar-refractivity contribution in [3.8, 4) is 0 Å². The van der Waals surface area contributed by atoms with Gasteiger partial charge in [-0.2, -0.15) is 0 Å². The van der Waals surface area contributed by atoms with Crippen molar-refractivity contribution in [2.24, 2.45) is 11.8 Å². The number of benzene rings is 1. The SMILES string of the molecule is C=CCN1CC(C(=O)N2CCC(CCC(=O)NCc3ccc(F)cc3)CC2)CC1=O. The van der Waals surface area contributed by atoms with E-state index in [4.69, 9.17) is 0 Å². The minimum atomic E-state index is -0.288. The number of hydrogen-bond acceptors (Lipinski definition) is 3. The van der Waals surface area contributed by atoms with Gasteiger partial charge in [-0.05, 0) is 42.9 Å². The van der Waals surface area contributed by atoms with Gasteiger partial charge in [-0.3, -0.25) is 14.4 Å². The standard InChI is InChI=1S/C23H30FN3O3/c1-2-11-27-16-19(14-22(27)29)23(30)26-12-9-17(10-13-26)5-8-21(28)25-15-18-3-6-20(24)7-4-18/h2-4,6-7,17,19H,1,5,8-16H2,(H,25,28). The van der Waals surface area contributed by atoms with E-state index in [1.807, 2.05) is 4.90 Å². The van der Waals surface area contributed by atoms with E-state index in [9.17, 15) is 18.8 Å². The first kappa shape index (κ1) is 22.0. The van der Waals surface area contributed by atoms with Gasteiger partial charge in [0.25, 0.3) is 0 Å². The van der Waals surface area contributed by atoms with Crippen LogP contribution in [-0.4, -0.2) is 53.7 Å². The van der Waals surface area contributed by atoms with Crippen LogP contribution < -0.4 is 5.32 Å². The maximum absolute atomic E-state index is 12.9. The highest BCUT2D eigenvalue weighted by Gasteiger charge is 2.36. The molecule has 2 fully saturated rings. The fourth-order valence-corrected chi connectivity index (χ4v) is 4.20. The van der Waals surface area contributed by atoms with Crippen LogP contribution in [0, 0.1) is 17.7 Å². The molecule has 30 heavy (non-hydrogen) atoms. The molecule has 1 atom stereocenters. The molecule has 7 heteroatoms. The van der Waals surface area contributed by atoms with E-state index in [0.717, 1.165) is 24.8 Å². The molecule has 0 radical (unpaired) electrons. The summed E-state index contributed by atoms with van der Waals surface area (Å²) in [5, 5.41) is 2.87. The molecule has 2 aliphatic rings. The lowest BCUT2D eigenvalue weighted by Crippen LogP contribution is -2.42. The van der Waals surface area contributed by atoms with Crippen LogP contribution in [0.5, 0.6) is 0 Å². The lowest BCUT2D eigenvalue weighted by atomic mass is 9.91. The number of likely N-dealkylation sites (tertiary alicyclic amines) is 2. The monoisotopic (exact) mass is 415 g/mol. The Morgan fingerprint density at radius 1 is 1.20 bits per heavy atom. The molecule has 2 saturated heterocycles. The van der Waals surface area contributed by atoms with E-state index >= 15 is 0 Å². The number of halogens is 1. The molecule has 3 rings (SSSR count). The van der Waals surface area contributed by atoms with Crippen molar-refractivity contribution < 1.29 is 18.8 Å². The number of amides is 3. The summed E-state index contributed by atoms with van der Waals surface area (Å²) in [5.41, 5.74) is 0.869. The third kappa shape index (κ3) is 5.90. The lowest BCUT2D eigenvalue weighted by Gasteiger charge is -2.33. The van der Waals surface area contributed by atoms with E-state index < -0.39 is 0 Å². The van der Waals surface area contributed by atoms with Crippen LogP contribution in [-0.2, 0) is 20.9 Å².